The number of nitrogens with one attached hydrogen (secondary N) is 1. The maximum atomic E-state index is 4.78. The van der Waals surface area contributed by atoms with Crippen LogP contribution in [0.3, 0.4) is 0 Å². The van der Waals surface area contributed by atoms with Crippen LogP contribution in [0.15, 0.2) is 4.99 Å². The Balaban J connectivity index is 1.70. The maximum Gasteiger partial charge on any atom is 0.156 e. The van der Waals surface area contributed by atoms with Gasteiger partial charge in [-0.1, -0.05) is 32.5 Å². The van der Waals surface area contributed by atoms with Crippen LogP contribution in [-0.4, -0.2) is 48.5 Å². The Morgan fingerprint density at radius 1 is 1.30 bits per heavy atom. The first-order chi connectivity index (χ1) is 9.67. The summed E-state index contributed by atoms with van der Waals surface area (Å²) in [4.78, 5) is 7.38. The van der Waals surface area contributed by atoms with Crippen molar-refractivity contribution < 1.29 is 0 Å². The second kappa shape index (κ2) is 7.69. The summed E-state index contributed by atoms with van der Waals surface area (Å²) in [6.07, 6.45) is 5.27. The first-order valence-corrected chi connectivity index (χ1v) is 9.29. The second-order valence-corrected chi connectivity index (χ2v) is 7.57. The fourth-order valence-electron chi connectivity index (χ4n) is 3.07. The number of amidine groups is 1. The van der Waals surface area contributed by atoms with Crippen molar-refractivity contribution in [2.75, 3.05) is 38.5 Å². The summed E-state index contributed by atoms with van der Waals surface area (Å²) in [6, 6.07) is 0. The number of hydrogen-bond donors (Lipinski definition) is 1. The van der Waals surface area contributed by atoms with Crippen LogP contribution in [0.25, 0.3) is 0 Å². The van der Waals surface area contributed by atoms with Crippen LogP contribution in [0.4, 0.5) is 0 Å². The van der Waals surface area contributed by atoms with Gasteiger partial charge in [0, 0.05) is 25.4 Å². The molecule has 0 aromatic rings. The zero-order chi connectivity index (χ0) is 14.4. The maximum absolute atomic E-state index is 4.78. The van der Waals surface area contributed by atoms with Gasteiger partial charge in [-0.05, 0) is 50.1 Å². The average Bonchev–Trinajstić information content (AvgIpc) is 2.98. The molecular weight excluding hydrogens is 266 g/mol. The van der Waals surface area contributed by atoms with E-state index in [1.165, 1.54) is 56.2 Å². The Bertz CT molecular complexity index is 320. The van der Waals surface area contributed by atoms with Crippen molar-refractivity contribution in [3.05, 3.63) is 0 Å². The van der Waals surface area contributed by atoms with Gasteiger partial charge in [0.15, 0.2) is 5.17 Å². The number of thioether (sulfide) groups is 1. The molecule has 0 radical (unpaired) electrons. The van der Waals surface area contributed by atoms with E-state index in [0.29, 0.717) is 11.3 Å². The Morgan fingerprint density at radius 2 is 2.00 bits per heavy atom. The third-order valence-electron chi connectivity index (χ3n) is 4.94. The van der Waals surface area contributed by atoms with E-state index < -0.39 is 0 Å². The van der Waals surface area contributed by atoms with E-state index >= 15 is 0 Å². The normalized spacial score (nSPS) is 24.4. The minimum absolute atomic E-state index is 0.455. The number of rotatable bonds is 6. The molecular formula is C16H31N3S. The van der Waals surface area contributed by atoms with Crippen molar-refractivity contribution in [2.45, 2.75) is 46.5 Å². The van der Waals surface area contributed by atoms with Gasteiger partial charge < -0.3 is 10.2 Å². The summed E-state index contributed by atoms with van der Waals surface area (Å²) in [6.45, 7) is 12.9. The van der Waals surface area contributed by atoms with E-state index in [0.717, 1.165) is 13.1 Å². The lowest BCUT2D eigenvalue weighted by atomic mass is 9.84. The Morgan fingerprint density at radius 3 is 2.55 bits per heavy atom. The van der Waals surface area contributed by atoms with Gasteiger partial charge in [-0.25, -0.2) is 0 Å². The predicted molar refractivity (Wildman–Crippen MR) is 90.6 cm³/mol. The number of nitrogens with zero attached hydrogens (tertiary/aromatic N) is 2. The van der Waals surface area contributed by atoms with Gasteiger partial charge in [0.1, 0.15) is 0 Å². The summed E-state index contributed by atoms with van der Waals surface area (Å²) in [5, 5.41) is 4.74. The van der Waals surface area contributed by atoms with Crippen molar-refractivity contribution >= 4 is 16.9 Å². The highest BCUT2D eigenvalue weighted by atomic mass is 32.2. The van der Waals surface area contributed by atoms with E-state index in [9.17, 15) is 0 Å². The standard InChI is InChI=1S/C16H31N3S/c1-4-16(5-2)12-18-15(20-13-16)17-10-14(3)11-19-8-6-7-9-19/h14H,4-13H2,1-3H3,(H,17,18). The lowest BCUT2D eigenvalue weighted by Gasteiger charge is -2.33. The van der Waals surface area contributed by atoms with Crippen LogP contribution in [0.5, 0.6) is 0 Å². The van der Waals surface area contributed by atoms with E-state index in [1.54, 1.807) is 0 Å². The van der Waals surface area contributed by atoms with Crippen LogP contribution < -0.4 is 5.32 Å². The molecule has 0 amide bonds. The minimum atomic E-state index is 0.455. The highest BCUT2D eigenvalue weighted by Gasteiger charge is 2.30. The average molecular weight is 298 g/mol. The molecule has 1 saturated heterocycles. The highest BCUT2D eigenvalue weighted by Crippen LogP contribution is 2.34. The van der Waals surface area contributed by atoms with Gasteiger partial charge in [-0.15, -0.1) is 0 Å². The van der Waals surface area contributed by atoms with E-state index in [1.807, 2.05) is 11.8 Å². The van der Waals surface area contributed by atoms with E-state index in [2.05, 4.69) is 31.0 Å². The topological polar surface area (TPSA) is 27.6 Å². The molecule has 1 N–H and O–H groups in total. The van der Waals surface area contributed by atoms with Crippen LogP contribution in [0.1, 0.15) is 46.5 Å². The Hall–Kier alpha value is -0.220. The molecule has 0 spiro atoms. The molecule has 116 valence electrons. The third-order valence-corrected chi connectivity index (χ3v) is 6.25. The molecule has 1 unspecified atom stereocenters. The molecule has 2 aliphatic heterocycles. The molecule has 1 atom stereocenters. The molecule has 0 bridgehead atoms. The molecule has 20 heavy (non-hydrogen) atoms. The quantitative estimate of drug-likeness (QED) is 0.816. The summed E-state index contributed by atoms with van der Waals surface area (Å²) in [5.74, 6) is 1.94. The fraction of sp³-hybridized carbons (Fsp3) is 0.938. The van der Waals surface area contributed by atoms with Crippen LogP contribution >= 0.6 is 11.8 Å². The third kappa shape index (κ3) is 4.39. The first-order valence-electron chi connectivity index (χ1n) is 8.31. The molecule has 2 aliphatic rings. The van der Waals surface area contributed by atoms with Gasteiger partial charge in [-0.2, -0.15) is 0 Å². The van der Waals surface area contributed by atoms with Crippen molar-refractivity contribution in [3.63, 3.8) is 0 Å². The lowest BCUT2D eigenvalue weighted by Crippen LogP contribution is -2.37. The van der Waals surface area contributed by atoms with Crippen LogP contribution in [-0.2, 0) is 0 Å². The Kier molecular flexibility index (Phi) is 6.21. The van der Waals surface area contributed by atoms with Crippen molar-refractivity contribution in [3.8, 4) is 0 Å². The van der Waals surface area contributed by atoms with E-state index in [4.69, 9.17) is 4.99 Å². The smallest absolute Gasteiger partial charge is 0.156 e. The predicted octanol–water partition coefficient (Wildman–Crippen LogP) is 3.22. The second-order valence-electron chi connectivity index (χ2n) is 6.61. The number of aliphatic imine (C=N–C) groups is 1. The SMILES string of the molecule is CCC1(CC)CN=C(NCC(C)CN2CCCC2)SC1. The minimum Gasteiger partial charge on any atom is -0.365 e. The zero-order valence-corrected chi connectivity index (χ0v) is 14.3. The summed E-state index contributed by atoms with van der Waals surface area (Å²) < 4.78 is 0. The molecule has 0 aromatic heterocycles. The number of likely N-dealkylation sites (tertiary alicyclic amines) is 1. The van der Waals surface area contributed by atoms with Crippen molar-refractivity contribution in [1.82, 2.24) is 10.2 Å². The highest BCUT2D eigenvalue weighted by molar-refractivity contribution is 8.13. The monoisotopic (exact) mass is 297 g/mol. The van der Waals surface area contributed by atoms with Crippen molar-refractivity contribution in [2.24, 2.45) is 16.3 Å². The summed E-state index contributed by atoms with van der Waals surface area (Å²) in [7, 11) is 0. The molecule has 3 nitrogen and oxygen atoms in total. The summed E-state index contributed by atoms with van der Waals surface area (Å²) >= 11 is 1.93. The first kappa shape index (κ1) is 16.2. The molecule has 4 heteroatoms. The largest absolute Gasteiger partial charge is 0.365 e. The number of hydrogen-bond acceptors (Lipinski definition) is 4. The van der Waals surface area contributed by atoms with Crippen molar-refractivity contribution in [1.29, 1.82) is 0 Å². The van der Waals surface area contributed by atoms with Crippen LogP contribution in [0, 0.1) is 11.3 Å². The molecule has 2 rings (SSSR count). The van der Waals surface area contributed by atoms with Crippen LogP contribution in [0.2, 0.25) is 0 Å². The lowest BCUT2D eigenvalue weighted by molar-refractivity contribution is 0.287. The Labute approximate surface area is 129 Å². The van der Waals surface area contributed by atoms with Gasteiger partial charge in [0.05, 0.1) is 0 Å². The van der Waals surface area contributed by atoms with Gasteiger partial charge in [0.2, 0.25) is 0 Å². The molecule has 0 aliphatic carbocycles. The molecule has 2 heterocycles. The molecule has 1 fully saturated rings. The molecule has 0 saturated carbocycles. The summed E-state index contributed by atoms with van der Waals surface area (Å²) in [5.41, 5.74) is 0.455. The van der Waals surface area contributed by atoms with Gasteiger partial charge in [-0.3, -0.25) is 4.99 Å². The zero-order valence-electron chi connectivity index (χ0n) is 13.5. The molecule has 0 aromatic carbocycles. The van der Waals surface area contributed by atoms with E-state index in [-0.39, 0.29) is 0 Å². The van der Waals surface area contributed by atoms with Gasteiger partial charge >= 0.3 is 0 Å². The van der Waals surface area contributed by atoms with Gasteiger partial charge in [0.25, 0.3) is 0 Å². The fourth-order valence-corrected chi connectivity index (χ4v) is 4.35.